The van der Waals surface area contributed by atoms with E-state index in [0.717, 1.165) is 22.2 Å². The molecule has 29 heavy (non-hydrogen) atoms. The van der Waals surface area contributed by atoms with Crippen LogP contribution in [0.3, 0.4) is 0 Å². The number of aryl methyl sites for hydroxylation is 1. The first-order valence-electron chi connectivity index (χ1n) is 9.10. The van der Waals surface area contributed by atoms with E-state index in [-0.39, 0.29) is 12.4 Å². The monoisotopic (exact) mass is 390 g/mol. The molecule has 0 aliphatic carbocycles. The number of carbonyl (C=O) groups excluding carboxylic acids is 1. The van der Waals surface area contributed by atoms with Gasteiger partial charge >= 0.3 is 0 Å². The normalized spacial score (nSPS) is 12.4. The molecule has 0 unspecified atom stereocenters. The average Bonchev–Trinajstić information content (AvgIpc) is 3.10. The van der Waals surface area contributed by atoms with Crippen LogP contribution >= 0.6 is 0 Å². The van der Waals surface area contributed by atoms with Crippen LogP contribution in [0.5, 0.6) is 5.75 Å². The quantitative estimate of drug-likeness (QED) is 0.501. The molecule has 1 amide bonds. The number of halogens is 2. The Kier molecular flexibility index (Phi) is 3.71. The fourth-order valence-corrected chi connectivity index (χ4v) is 3.85. The van der Waals surface area contributed by atoms with E-state index in [4.69, 9.17) is 10.5 Å². The zero-order valence-electron chi connectivity index (χ0n) is 15.5. The highest BCUT2D eigenvalue weighted by Gasteiger charge is 2.25. The van der Waals surface area contributed by atoms with Crippen molar-refractivity contribution >= 4 is 16.8 Å². The maximum absolute atomic E-state index is 15.4. The Morgan fingerprint density at radius 1 is 1.07 bits per heavy atom. The molecule has 6 heteroatoms. The van der Waals surface area contributed by atoms with E-state index in [2.05, 4.69) is 4.98 Å². The molecule has 0 saturated heterocycles. The number of rotatable bonds is 2. The Bertz CT molecular complexity index is 1320. The Balaban J connectivity index is 1.69. The van der Waals surface area contributed by atoms with Crippen LogP contribution in [0.15, 0.2) is 48.5 Å². The molecule has 0 radical (unpaired) electrons. The van der Waals surface area contributed by atoms with Gasteiger partial charge in [-0.1, -0.05) is 18.2 Å². The second kappa shape index (κ2) is 6.17. The maximum Gasteiger partial charge on any atom is 0.248 e. The van der Waals surface area contributed by atoms with Gasteiger partial charge in [-0.05, 0) is 48.4 Å². The number of H-pyrrole nitrogens is 1. The molecule has 0 bridgehead atoms. The zero-order valence-corrected chi connectivity index (χ0v) is 15.5. The Labute approximate surface area is 164 Å². The van der Waals surface area contributed by atoms with Crippen LogP contribution in [-0.2, 0) is 6.61 Å². The summed E-state index contributed by atoms with van der Waals surface area (Å²) in [4.78, 5) is 14.6. The molecule has 3 N–H and O–H groups in total. The van der Waals surface area contributed by atoms with Crippen molar-refractivity contribution < 1.29 is 18.3 Å². The van der Waals surface area contributed by atoms with E-state index in [1.807, 2.05) is 6.07 Å². The van der Waals surface area contributed by atoms with Gasteiger partial charge < -0.3 is 15.5 Å². The van der Waals surface area contributed by atoms with Crippen LogP contribution in [-0.4, -0.2) is 10.9 Å². The summed E-state index contributed by atoms with van der Waals surface area (Å²) in [7, 11) is 0. The van der Waals surface area contributed by atoms with Crippen molar-refractivity contribution in [3.63, 3.8) is 0 Å². The lowest BCUT2D eigenvalue weighted by molar-refractivity contribution is 0.1000. The van der Waals surface area contributed by atoms with Crippen molar-refractivity contribution in [3.05, 3.63) is 76.9 Å². The number of primary amides is 1. The number of aromatic amines is 1. The Hall–Kier alpha value is -3.67. The summed E-state index contributed by atoms with van der Waals surface area (Å²) in [5, 5.41) is 0.727. The molecular weight excluding hydrogens is 374 g/mol. The van der Waals surface area contributed by atoms with Crippen molar-refractivity contribution in [2.75, 3.05) is 0 Å². The molecule has 4 nitrogen and oxygen atoms in total. The van der Waals surface area contributed by atoms with Gasteiger partial charge in [-0.15, -0.1) is 0 Å². The molecule has 5 rings (SSSR count). The summed E-state index contributed by atoms with van der Waals surface area (Å²) in [6.07, 6.45) is 0. The number of amides is 1. The number of carbonyl (C=O) groups is 1. The summed E-state index contributed by atoms with van der Waals surface area (Å²) in [5.41, 5.74) is 9.86. The summed E-state index contributed by atoms with van der Waals surface area (Å²) < 4.78 is 34.8. The molecular formula is C23H16F2N2O2. The van der Waals surface area contributed by atoms with Gasteiger partial charge in [0, 0.05) is 27.6 Å². The van der Waals surface area contributed by atoms with Crippen LogP contribution < -0.4 is 10.5 Å². The highest BCUT2D eigenvalue weighted by molar-refractivity contribution is 5.97. The van der Waals surface area contributed by atoms with Crippen LogP contribution in [0.1, 0.15) is 21.5 Å². The predicted octanol–water partition coefficient (Wildman–Crippen LogP) is 5.08. The minimum Gasteiger partial charge on any atom is -0.488 e. The predicted molar refractivity (Wildman–Crippen MR) is 107 cm³/mol. The van der Waals surface area contributed by atoms with Gasteiger partial charge in [-0.25, -0.2) is 8.78 Å². The van der Waals surface area contributed by atoms with E-state index in [0.29, 0.717) is 33.5 Å². The lowest BCUT2D eigenvalue weighted by Crippen LogP contribution is -2.12. The second-order valence-corrected chi connectivity index (χ2v) is 7.16. The molecule has 1 aliphatic heterocycles. The first-order chi connectivity index (χ1) is 13.9. The number of nitrogens with one attached hydrogen (secondary N) is 1. The highest BCUT2D eigenvalue weighted by Crippen LogP contribution is 2.42. The van der Waals surface area contributed by atoms with E-state index in [9.17, 15) is 9.18 Å². The summed E-state index contributed by atoms with van der Waals surface area (Å²) in [6, 6.07) is 13.0. The van der Waals surface area contributed by atoms with Gasteiger partial charge in [0.25, 0.3) is 0 Å². The average molecular weight is 390 g/mol. The van der Waals surface area contributed by atoms with E-state index >= 15 is 4.39 Å². The molecule has 3 aromatic carbocycles. The molecule has 4 aromatic rings. The summed E-state index contributed by atoms with van der Waals surface area (Å²) in [5.74, 6) is -0.743. The number of hydrogen-bond acceptors (Lipinski definition) is 2. The van der Waals surface area contributed by atoms with Crippen LogP contribution in [0, 0.1) is 18.6 Å². The van der Waals surface area contributed by atoms with Crippen molar-refractivity contribution in [2.45, 2.75) is 13.5 Å². The second-order valence-electron chi connectivity index (χ2n) is 7.16. The van der Waals surface area contributed by atoms with Crippen LogP contribution in [0.2, 0.25) is 0 Å². The number of hydrogen-bond donors (Lipinski definition) is 2. The van der Waals surface area contributed by atoms with Gasteiger partial charge in [-0.3, -0.25) is 4.79 Å². The van der Waals surface area contributed by atoms with Gasteiger partial charge in [0.1, 0.15) is 18.2 Å². The molecule has 1 aromatic heterocycles. The van der Waals surface area contributed by atoms with Crippen LogP contribution in [0.4, 0.5) is 8.78 Å². The topological polar surface area (TPSA) is 68.1 Å². The number of ether oxygens (including phenoxy) is 1. The molecule has 1 aliphatic rings. The fraction of sp³-hybridized carbons (Fsp3) is 0.0870. The number of nitrogens with two attached hydrogens (primary N) is 1. The first-order valence-corrected chi connectivity index (χ1v) is 9.10. The number of fused-ring (bicyclic) bond motifs is 5. The van der Waals surface area contributed by atoms with E-state index < -0.39 is 11.7 Å². The van der Waals surface area contributed by atoms with Crippen molar-refractivity contribution in [3.8, 4) is 28.1 Å². The first kappa shape index (κ1) is 17.4. The maximum atomic E-state index is 15.4. The molecule has 0 spiro atoms. The third kappa shape index (κ3) is 2.60. The minimum atomic E-state index is -0.538. The van der Waals surface area contributed by atoms with E-state index in [1.54, 1.807) is 43.3 Å². The Morgan fingerprint density at radius 3 is 2.62 bits per heavy atom. The largest absolute Gasteiger partial charge is 0.488 e. The third-order valence-electron chi connectivity index (χ3n) is 5.40. The fourth-order valence-electron chi connectivity index (χ4n) is 3.85. The summed E-state index contributed by atoms with van der Waals surface area (Å²) >= 11 is 0. The van der Waals surface area contributed by atoms with Gasteiger partial charge in [0.2, 0.25) is 5.91 Å². The van der Waals surface area contributed by atoms with Crippen molar-refractivity contribution in [1.82, 2.24) is 4.98 Å². The van der Waals surface area contributed by atoms with Crippen molar-refractivity contribution in [1.29, 1.82) is 0 Å². The molecule has 2 heterocycles. The number of benzene rings is 3. The minimum absolute atomic E-state index is 0.249. The van der Waals surface area contributed by atoms with Crippen molar-refractivity contribution in [2.24, 2.45) is 5.73 Å². The van der Waals surface area contributed by atoms with E-state index in [1.165, 1.54) is 6.07 Å². The standard InChI is InChI=1S/C23H16F2N2O2/c1-11-8-12(3-7-18(11)24)14-5-6-15-17-10-29-19-9-13(23(26)28)2-4-16(19)21(17)27-22(15)20(14)25/h2-9,27H,10H2,1H3,(H2,26,28). The Morgan fingerprint density at radius 2 is 1.86 bits per heavy atom. The van der Waals surface area contributed by atoms with Gasteiger partial charge in [0.05, 0.1) is 11.2 Å². The highest BCUT2D eigenvalue weighted by atomic mass is 19.1. The summed E-state index contributed by atoms with van der Waals surface area (Å²) in [6.45, 7) is 1.90. The smallest absolute Gasteiger partial charge is 0.248 e. The SMILES string of the molecule is Cc1cc(-c2ccc3c4c([nH]c3c2F)-c2ccc(C(N)=O)cc2OC4)ccc1F. The van der Waals surface area contributed by atoms with Gasteiger partial charge in [-0.2, -0.15) is 0 Å². The molecule has 0 fully saturated rings. The number of aromatic nitrogens is 1. The molecule has 0 atom stereocenters. The molecule has 0 saturated carbocycles. The van der Waals surface area contributed by atoms with Gasteiger partial charge in [0.15, 0.2) is 5.82 Å². The lowest BCUT2D eigenvalue weighted by Gasteiger charge is -2.18. The third-order valence-corrected chi connectivity index (χ3v) is 5.40. The lowest BCUT2D eigenvalue weighted by atomic mass is 9.98. The zero-order chi connectivity index (χ0) is 20.3. The molecule has 144 valence electrons. The van der Waals surface area contributed by atoms with Crippen LogP contribution in [0.25, 0.3) is 33.3 Å².